The van der Waals surface area contributed by atoms with Crippen molar-refractivity contribution in [1.82, 2.24) is 10.2 Å². The second kappa shape index (κ2) is 8.19. The molecule has 9 nitrogen and oxygen atoms in total. The van der Waals surface area contributed by atoms with Crippen LogP contribution in [0.5, 0.6) is 5.75 Å². The Morgan fingerprint density at radius 3 is 2.61 bits per heavy atom. The number of ether oxygens (including phenoxy) is 1. The summed E-state index contributed by atoms with van der Waals surface area (Å²) in [6.45, 7) is 0.291. The summed E-state index contributed by atoms with van der Waals surface area (Å²) in [5.41, 5.74) is 7.91. The van der Waals surface area contributed by atoms with Gasteiger partial charge in [0.15, 0.2) is 0 Å². The fourth-order valence-electron chi connectivity index (χ4n) is 3.90. The molecule has 0 saturated carbocycles. The highest BCUT2D eigenvalue weighted by Crippen LogP contribution is 2.31. The maximum Gasteiger partial charge on any atom is 0.262 e. The van der Waals surface area contributed by atoms with Gasteiger partial charge < -0.3 is 15.8 Å². The molecule has 2 atom stereocenters. The average Bonchev–Trinajstić information content (AvgIpc) is 3.02. The number of amides is 4. The summed E-state index contributed by atoms with van der Waals surface area (Å²) >= 11 is 0. The van der Waals surface area contributed by atoms with Gasteiger partial charge in [-0.15, -0.1) is 0 Å². The summed E-state index contributed by atoms with van der Waals surface area (Å²) in [5, 5.41) is 5.47. The van der Waals surface area contributed by atoms with Crippen LogP contribution in [0.15, 0.2) is 42.5 Å². The van der Waals surface area contributed by atoms with E-state index in [0.29, 0.717) is 18.0 Å². The van der Waals surface area contributed by atoms with E-state index in [0.717, 1.165) is 10.5 Å². The molecule has 2 aromatic carbocycles. The van der Waals surface area contributed by atoms with Crippen LogP contribution in [-0.4, -0.2) is 48.2 Å². The predicted octanol–water partition coefficient (Wildman–Crippen LogP) is 1.21. The molecule has 2 aliphatic heterocycles. The van der Waals surface area contributed by atoms with E-state index >= 15 is 0 Å². The lowest BCUT2D eigenvalue weighted by Crippen LogP contribution is -2.54. The lowest BCUT2D eigenvalue weighted by atomic mass is 10.0. The molecule has 2 aliphatic rings. The summed E-state index contributed by atoms with van der Waals surface area (Å²) < 4.78 is 5.26. The number of benzene rings is 2. The number of anilines is 1. The van der Waals surface area contributed by atoms with Crippen LogP contribution in [0.2, 0.25) is 0 Å². The highest BCUT2D eigenvalue weighted by molar-refractivity contribution is 6.23. The Bertz CT molecular complexity index is 1080. The van der Waals surface area contributed by atoms with E-state index in [-0.39, 0.29) is 30.0 Å². The molecule has 1 fully saturated rings. The average molecular weight is 422 g/mol. The van der Waals surface area contributed by atoms with Gasteiger partial charge in [-0.1, -0.05) is 12.1 Å². The van der Waals surface area contributed by atoms with E-state index in [9.17, 15) is 19.2 Å². The first-order chi connectivity index (χ1) is 14.9. The van der Waals surface area contributed by atoms with Crippen molar-refractivity contribution in [2.75, 3.05) is 19.0 Å². The monoisotopic (exact) mass is 422 g/mol. The topological polar surface area (TPSA) is 131 Å². The summed E-state index contributed by atoms with van der Waals surface area (Å²) in [7, 11) is 1.58. The molecule has 0 spiro atoms. The molecule has 0 aromatic heterocycles. The van der Waals surface area contributed by atoms with Gasteiger partial charge in [0.2, 0.25) is 11.8 Å². The van der Waals surface area contributed by atoms with Crippen LogP contribution in [0.3, 0.4) is 0 Å². The molecule has 0 radical (unpaired) electrons. The van der Waals surface area contributed by atoms with Gasteiger partial charge in [-0.3, -0.25) is 29.4 Å². The van der Waals surface area contributed by atoms with Gasteiger partial charge in [-0.2, -0.15) is 0 Å². The lowest BCUT2D eigenvalue weighted by molar-refractivity contribution is -0.136. The van der Waals surface area contributed by atoms with Crippen molar-refractivity contribution in [3.8, 4) is 5.75 Å². The molecule has 4 N–H and O–H groups in total. The first kappa shape index (κ1) is 20.5. The highest BCUT2D eigenvalue weighted by Gasteiger charge is 2.44. The summed E-state index contributed by atoms with van der Waals surface area (Å²) in [4.78, 5) is 50.3. The molecular weight excluding hydrogens is 400 g/mol. The van der Waals surface area contributed by atoms with E-state index in [1.807, 2.05) is 24.3 Å². The number of methoxy groups -OCH3 is 1. The second-order valence-corrected chi connectivity index (χ2v) is 7.42. The summed E-state index contributed by atoms with van der Waals surface area (Å²) in [5.74, 6) is -1.43. The van der Waals surface area contributed by atoms with Crippen molar-refractivity contribution in [3.63, 3.8) is 0 Å². The van der Waals surface area contributed by atoms with Crippen molar-refractivity contribution in [2.45, 2.75) is 24.9 Å². The van der Waals surface area contributed by atoms with Crippen LogP contribution >= 0.6 is 0 Å². The Morgan fingerprint density at radius 1 is 1.13 bits per heavy atom. The number of rotatable bonds is 6. The van der Waals surface area contributed by atoms with Crippen LogP contribution in [0, 0.1) is 0 Å². The quantitative estimate of drug-likeness (QED) is 0.596. The first-order valence-electron chi connectivity index (χ1n) is 9.89. The molecule has 9 heteroatoms. The molecule has 160 valence electrons. The van der Waals surface area contributed by atoms with Crippen LogP contribution in [0.1, 0.15) is 45.2 Å². The number of hydrogen-bond donors (Lipinski definition) is 3. The van der Waals surface area contributed by atoms with Crippen LogP contribution < -0.4 is 21.1 Å². The van der Waals surface area contributed by atoms with Crippen LogP contribution in [-0.2, 0) is 9.59 Å². The molecule has 2 unspecified atom stereocenters. The number of fused-ring (bicyclic) bond motifs is 1. The zero-order valence-corrected chi connectivity index (χ0v) is 16.9. The van der Waals surface area contributed by atoms with E-state index in [1.165, 1.54) is 0 Å². The summed E-state index contributed by atoms with van der Waals surface area (Å²) in [6, 6.07) is 11.1. The van der Waals surface area contributed by atoms with Gasteiger partial charge in [0, 0.05) is 18.7 Å². The molecule has 2 aromatic rings. The number of imide groups is 2. The summed E-state index contributed by atoms with van der Waals surface area (Å²) in [6.07, 6.45) is 0.196. The fourth-order valence-corrected chi connectivity index (χ4v) is 3.90. The first-order valence-corrected chi connectivity index (χ1v) is 9.89. The Hall–Kier alpha value is -3.72. The van der Waals surface area contributed by atoms with E-state index in [4.69, 9.17) is 10.5 Å². The second-order valence-electron chi connectivity index (χ2n) is 7.42. The van der Waals surface area contributed by atoms with Crippen molar-refractivity contribution >= 4 is 29.3 Å². The minimum Gasteiger partial charge on any atom is -0.497 e. The van der Waals surface area contributed by atoms with Crippen LogP contribution in [0.4, 0.5) is 5.69 Å². The third-order valence-corrected chi connectivity index (χ3v) is 5.51. The minimum atomic E-state index is -0.991. The van der Waals surface area contributed by atoms with E-state index in [2.05, 4.69) is 10.6 Å². The smallest absolute Gasteiger partial charge is 0.262 e. The third-order valence-electron chi connectivity index (χ3n) is 5.51. The number of nitrogens with two attached hydrogens (primary N) is 1. The highest BCUT2D eigenvalue weighted by atomic mass is 16.5. The van der Waals surface area contributed by atoms with Crippen LogP contribution in [0.25, 0.3) is 0 Å². The van der Waals surface area contributed by atoms with Gasteiger partial charge in [-0.05, 0) is 42.3 Å². The maximum absolute atomic E-state index is 13.0. The van der Waals surface area contributed by atoms with Crippen molar-refractivity contribution in [1.29, 1.82) is 0 Å². The minimum absolute atomic E-state index is 0.0787. The van der Waals surface area contributed by atoms with E-state index < -0.39 is 29.7 Å². The van der Waals surface area contributed by atoms with Crippen molar-refractivity contribution in [2.24, 2.45) is 5.73 Å². The Kier molecular flexibility index (Phi) is 5.43. The number of carbonyl (C=O) groups excluding carboxylic acids is 4. The fraction of sp³-hybridized carbons (Fsp3) is 0.273. The Balaban J connectivity index is 1.58. The number of nitrogens with zero attached hydrogens (tertiary/aromatic N) is 1. The van der Waals surface area contributed by atoms with Crippen molar-refractivity contribution < 1.29 is 23.9 Å². The Morgan fingerprint density at radius 2 is 1.90 bits per heavy atom. The standard InChI is InChI=1S/C22H22N4O5/c1-31-14-4-2-3-12(9-14)17(11-23)24-13-5-6-15-16(10-13)22(30)26(21(15)29)18-7-8-19(27)25-20(18)28/h2-6,9-10,17-18,24H,7-8,11,23H2,1H3,(H,25,27,28). The predicted molar refractivity (Wildman–Crippen MR) is 112 cm³/mol. The third kappa shape index (κ3) is 3.75. The maximum atomic E-state index is 13.0. The number of nitrogens with one attached hydrogen (secondary N) is 2. The molecule has 0 aliphatic carbocycles. The molecule has 4 amide bonds. The van der Waals surface area contributed by atoms with Gasteiger partial charge in [-0.25, -0.2) is 0 Å². The normalized spacial score (nSPS) is 19.2. The number of piperidine rings is 1. The van der Waals surface area contributed by atoms with Gasteiger partial charge in [0.25, 0.3) is 11.8 Å². The largest absolute Gasteiger partial charge is 0.497 e. The molecule has 0 bridgehead atoms. The van der Waals surface area contributed by atoms with Gasteiger partial charge in [0.05, 0.1) is 24.3 Å². The van der Waals surface area contributed by atoms with Gasteiger partial charge in [0.1, 0.15) is 11.8 Å². The molecule has 4 rings (SSSR count). The number of hydrogen-bond acceptors (Lipinski definition) is 7. The van der Waals surface area contributed by atoms with E-state index in [1.54, 1.807) is 25.3 Å². The molecule has 31 heavy (non-hydrogen) atoms. The zero-order valence-electron chi connectivity index (χ0n) is 16.9. The SMILES string of the molecule is COc1cccc(C(CN)Nc2ccc3c(c2)C(=O)N(C2CCC(=O)NC2=O)C3=O)c1. The Labute approximate surface area is 178 Å². The molecule has 1 saturated heterocycles. The number of carbonyl (C=O) groups is 4. The molecule has 2 heterocycles. The molecular formula is C22H22N4O5. The van der Waals surface area contributed by atoms with Gasteiger partial charge >= 0.3 is 0 Å². The van der Waals surface area contributed by atoms with Crippen molar-refractivity contribution in [3.05, 3.63) is 59.2 Å². The lowest BCUT2D eigenvalue weighted by Gasteiger charge is -2.27. The zero-order chi connectivity index (χ0) is 22.1.